The number of benzene rings is 2. The fraction of sp³-hybridized carbons (Fsp3) is 0.118. The van der Waals surface area contributed by atoms with Gasteiger partial charge in [-0.15, -0.1) is 5.10 Å². The number of anilines is 1. The highest BCUT2D eigenvalue weighted by Crippen LogP contribution is 2.24. The number of rotatable bonds is 5. The zero-order valence-electron chi connectivity index (χ0n) is 13.0. The molecule has 24 heavy (non-hydrogen) atoms. The van der Waals surface area contributed by atoms with Gasteiger partial charge in [0, 0.05) is 0 Å². The summed E-state index contributed by atoms with van der Waals surface area (Å²) in [6, 6.07) is 14.7. The van der Waals surface area contributed by atoms with E-state index in [1.165, 1.54) is 11.8 Å². The Labute approximate surface area is 143 Å². The summed E-state index contributed by atoms with van der Waals surface area (Å²) in [4.78, 5) is 16.2. The van der Waals surface area contributed by atoms with Crippen LogP contribution in [0.3, 0.4) is 0 Å². The Morgan fingerprint density at radius 2 is 2.04 bits per heavy atom. The fourth-order valence-electron chi connectivity index (χ4n) is 2.09. The van der Waals surface area contributed by atoms with Gasteiger partial charge >= 0.3 is 0 Å². The normalized spacial score (nSPS) is 10.5. The van der Waals surface area contributed by atoms with E-state index in [1.807, 2.05) is 37.3 Å². The topological polar surface area (TPSA) is 80.0 Å². The molecule has 3 aromatic rings. The summed E-state index contributed by atoms with van der Waals surface area (Å²) in [5, 5.41) is 17.3. The van der Waals surface area contributed by atoms with Gasteiger partial charge in [0.1, 0.15) is 12.1 Å². The second kappa shape index (κ2) is 7.18. The summed E-state index contributed by atoms with van der Waals surface area (Å²) in [7, 11) is 0. The fourth-order valence-corrected chi connectivity index (χ4v) is 2.69. The standard InChI is InChI=1S/C17H16N4O2S/c1-12-7-8-15(22)14(9-12)19-16(23)10-24-17-18-11-21(20-17)13-5-3-2-4-6-13/h2-9,11,22H,10H2,1H3,(H,19,23). The van der Waals surface area contributed by atoms with Gasteiger partial charge in [-0.2, -0.15) is 0 Å². The Hall–Kier alpha value is -2.80. The van der Waals surface area contributed by atoms with Crippen molar-refractivity contribution < 1.29 is 9.90 Å². The van der Waals surface area contributed by atoms with Gasteiger partial charge in [0.05, 0.1) is 17.1 Å². The predicted octanol–water partition coefficient (Wildman–Crippen LogP) is 3.01. The molecule has 7 heteroatoms. The molecule has 0 saturated carbocycles. The number of carbonyl (C=O) groups is 1. The first-order valence-electron chi connectivity index (χ1n) is 7.31. The first-order chi connectivity index (χ1) is 11.6. The van der Waals surface area contributed by atoms with Crippen molar-refractivity contribution >= 4 is 23.4 Å². The van der Waals surface area contributed by atoms with Crippen LogP contribution in [0.4, 0.5) is 5.69 Å². The molecule has 3 rings (SSSR count). The number of thioether (sulfide) groups is 1. The van der Waals surface area contributed by atoms with Crippen molar-refractivity contribution in [3.8, 4) is 11.4 Å². The van der Waals surface area contributed by atoms with Crippen molar-refractivity contribution in [3.63, 3.8) is 0 Å². The molecule has 0 aliphatic carbocycles. The number of phenolic OH excluding ortho intramolecular Hbond substituents is 1. The first-order valence-corrected chi connectivity index (χ1v) is 8.30. The van der Waals surface area contributed by atoms with E-state index in [4.69, 9.17) is 0 Å². The summed E-state index contributed by atoms with van der Waals surface area (Å²) >= 11 is 1.24. The number of aryl methyl sites for hydroxylation is 1. The zero-order valence-corrected chi connectivity index (χ0v) is 13.8. The third kappa shape index (κ3) is 3.94. The molecular formula is C17H16N4O2S. The van der Waals surface area contributed by atoms with Crippen molar-refractivity contribution in [1.82, 2.24) is 14.8 Å². The number of carbonyl (C=O) groups excluding carboxylic acids is 1. The molecule has 6 nitrogen and oxygen atoms in total. The van der Waals surface area contributed by atoms with Gasteiger partial charge in [0.2, 0.25) is 11.1 Å². The van der Waals surface area contributed by atoms with Gasteiger partial charge in [0.15, 0.2) is 0 Å². The lowest BCUT2D eigenvalue weighted by molar-refractivity contribution is -0.113. The van der Waals surface area contributed by atoms with Gasteiger partial charge in [0.25, 0.3) is 0 Å². The molecule has 0 unspecified atom stereocenters. The lowest BCUT2D eigenvalue weighted by Crippen LogP contribution is -2.14. The molecule has 0 saturated heterocycles. The molecule has 1 heterocycles. The summed E-state index contributed by atoms with van der Waals surface area (Å²) in [6.07, 6.45) is 1.61. The third-order valence-electron chi connectivity index (χ3n) is 3.25. The molecular weight excluding hydrogens is 324 g/mol. The Morgan fingerprint density at radius 3 is 2.83 bits per heavy atom. The predicted molar refractivity (Wildman–Crippen MR) is 93.6 cm³/mol. The van der Waals surface area contributed by atoms with E-state index in [1.54, 1.807) is 29.2 Å². The van der Waals surface area contributed by atoms with E-state index >= 15 is 0 Å². The highest BCUT2D eigenvalue weighted by molar-refractivity contribution is 7.99. The SMILES string of the molecule is Cc1ccc(O)c(NC(=O)CSc2ncn(-c3ccccc3)n2)c1. The summed E-state index contributed by atoms with van der Waals surface area (Å²) in [5.74, 6) is -0.0194. The molecule has 0 bridgehead atoms. The number of hydrogen-bond donors (Lipinski definition) is 2. The third-order valence-corrected chi connectivity index (χ3v) is 4.10. The molecule has 1 aromatic heterocycles. The van der Waals surface area contributed by atoms with E-state index in [0.717, 1.165) is 11.3 Å². The van der Waals surface area contributed by atoms with Gasteiger partial charge in [-0.3, -0.25) is 4.79 Å². The number of amides is 1. The zero-order chi connectivity index (χ0) is 16.9. The molecule has 0 atom stereocenters. The highest BCUT2D eigenvalue weighted by Gasteiger charge is 2.10. The van der Waals surface area contributed by atoms with Crippen molar-refractivity contribution in [1.29, 1.82) is 0 Å². The van der Waals surface area contributed by atoms with Crippen LogP contribution in [0, 0.1) is 6.92 Å². The van der Waals surface area contributed by atoms with Crippen molar-refractivity contribution in [3.05, 3.63) is 60.4 Å². The lowest BCUT2D eigenvalue weighted by atomic mass is 10.2. The monoisotopic (exact) mass is 340 g/mol. The molecule has 122 valence electrons. The minimum absolute atomic E-state index is 0.0467. The summed E-state index contributed by atoms with van der Waals surface area (Å²) in [6.45, 7) is 1.89. The maximum absolute atomic E-state index is 12.0. The van der Waals surface area contributed by atoms with Gasteiger partial charge in [-0.05, 0) is 36.8 Å². The molecule has 0 fully saturated rings. The average molecular weight is 340 g/mol. The number of nitrogens with zero attached hydrogens (tertiary/aromatic N) is 3. The number of nitrogens with one attached hydrogen (secondary N) is 1. The van der Waals surface area contributed by atoms with Crippen LogP contribution in [0.2, 0.25) is 0 Å². The van der Waals surface area contributed by atoms with Crippen LogP contribution in [0.25, 0.3) is 5.69 Å². The molecule has 0 aliphatic rings. The van der Waals surface area contributed by atoms with Crippen molar-refractivity contribution in [2.24, 2.45) is 0 Å². The number of hydrogen-bond acceptors (Lipinski definition) is 5. The number of aromatic nitrogens is 3. The van der Waals surface area contributed by atoms with Crippen LogP contribution in [-0.2, 0) is 4.79 Å². The van der Waals surface area contributed by atoms with Gasteiger partial charge in [-0.25, -0.2) is 9.67 Å². The number of phenols is 1. The number of aromatic hydroxyl groups is 1. The maximum atomic E-state index is 12.0. The van der Waals surface area contributed by atoms with Crippen LogP contribution in [0.1, 0.15) is 5.56 Å². The van der Waals surface area contributed by atoms with Crippen LogP contribution in [0.15, 0.2) is 60.0 Å². The van der Waals surface area contributed by atoms with E-state index in [-0.39, 0.29) is 17.4 Å². The second-order valence-corrected chi connectivity index (χ2v) is 6.11. The van der Waals surface area contributed by atoms with E-state index in [0.29, 0.717) is 10.8 Å². The van der Waals surface area contributed by atoms with E-state index < -0.39 is 0 Å². The number of para-hydroxylation sites is 1. The molecule has 0 radical (unpaired) electrons. The smallest absolute Gasteiger partial charge is 0.234 e. The average Bonchev–Trinajstić information content (AvgIpc) is 3.06. The Kier molecular flexibility index (Phi) is 4.81. The van der Waals surface area contributed by atoms with Crippen LogP contribution < -0.4 is 5.32 Å². The summed E-state index contributed by atoms with van der Waals surface area (Å²) in [5.41, 5.74) is 2.27. The lowest BCUT2D eigenvalue weighted by Gasteiger charge is -2.07. The Bertz CT molecular complexity index is 849. The van der Waals surface area contributed by atoms with Gasteiger partial charge in [-0.1, -0.05) is 36.0 Å². The highest BCUT2D eigenvalue weighted by atomic mass is 32.2. The van der Waals surface area contributed by atoms with Crippen LogP contribution in [-0.4, -0.2) is 31.5 Å². The Balaban J connectivity index is 1.59. The molecule has 0 spiro atoms. The first kappa shape index (κ1) is 16.1. The molecule has 1 amide bonds. The van der Waals surface area contributed by atoms with E-state index in [2.05, 4.69) is 15.4 Å². The maximum Gasteiger partial charge on any atom is 0.234 e. The quantitative estimate of drug-likeness (QED) is 0.551. The van der Waals surface area contributed by atoms with E-state index in [9.17, 15) is 9.90 Å². The van der Waals surface area contributed by atoms with Crippen LogP contribution in [0.5, 0.6) is 5.75 Å². The van der Waals surface area contributed by atoms with Crippen LogP contribution >= 0.6 is 11.8 Å². The van der Waals surface area contributed by atoms with Crippen molar-refractivity contribution in [2.45, 2.75) is 12.1 Å². The van der Waals surface area contributed by atoms with Crippen molar-refractivity contribution in [2.75, 3.05) is 11.1 Å². The molecule has 2 aromatic carbocycles. The molecule has 2 N–H and O–H groups in total. The summed E-state index contributed by atoms with van der Waals surface area (Å²) < 4.78 is 1.66. The Morgan fingerprint density at radius 1 is 1.25 bits per heavy atom. The largest absolute Gasteiger partial charge is 0.506 e. The second-order valence-electron chi connectivity index (χ2n) is 5.16. The minimum atomic E-state index is -0.225. The molecule has 0 aliphatic heterocycles. The van der Waals surface area contributed by atoms with Gasteiger partial charge < -0.3 is 10.4 Å². The minimum Gasteiger partial charge on any atom is -0.506 e.